The Labute approximate surface area is 179 Å². The first kappa shape index (κ1) is 20.6. The highest BCUT2D eigenvalue weighted by molar-refractivity contribution is 5.93. The highest BCUT2D eigenvalue weighted by atomic mass is 19.1. The normalized spacial score (nSPS) is 10.9. The summed E-state index contributed by atoms with van der Waals surface area (Å²) in [6.45, 7) is 0.352. The minimum Gasteiger partial charge on any atom is -0.489 e. The molecule has 6 heteroatoms. The van der Waals surface area contributed by atoms with Crippen LogP contribution >= 0.6 is 0 Å². The van der Waals surface area contributed by atoms with Gasteiger partial charge in [-0.2, -0.15) is 0 Å². The van der Waals surface area contributed by atoms with Gasteiger partial charge in [0.15, 0.2) is 0 Å². The Hall–Kier alpha value is -3.64. The van der Waals surface area contributed by atoms with E-state index in [0.29, 0.717) is 28.0 Å². The topological polar surface area (TPSA) is 74.7 Å². The van der Waals surface area contributed by atoms with E-state index in [4.69, 9.17) is 19.6 Å². The molecule has 0 aliphatic heterocycles. The van der Waals surface area contributed by atoms with Gasteiger partial charge in [-0.15, -0.1) is 0 Å². The molecule has 4 rings (SSSR count). The van der Waals surface area contributed by atoms with E-state index in [1.165, 1.54) is 7.11 Å². The molecule has 4 aromatic rings. The van der Waals surface area contributed by atoms with Gasteiger partial charge in [0.05, 0.1) is 19.8 Å². The van der Waals surface area contributed by atoms with E-state index >= 15 is 0 Å². The summed E-state index contributed by atoms with van der Waals surface area (Å²) in [5, 5.41) is 0.844. The van der Waals surface area contributed by atoms with Crippen LogP contribution in [0, 0.1) is 5.82 Å². The lowest BCUT2D eigenvalue weighted by Gasteiger charge is -2.13. The van der Waals surface area contributed by atoms with Gasteiger partial charge in [-0.25, -0.2) is 4.39 Å². The maximum absolute atomic E-state index is 15.0. The predicted octanol–water partition coefficient (Wildman–Crippen LogP) is 4.99. The zero-order valence-electron chi connectivity index (χ0n) is 17.1. The molecule has 1 aromatic heterocycles. The van der Waals surface area contributed by atoms with Crippen LogP contribution in [-0.4, -0.2) is 13.1 Å². The van der Waals surface area contributed by atoms with E-state index in [-0.39, 0.29) is 31.4 Å². The zero-order chi connectivity index (χ0) is 21.8. The molecule has 0 saturated heterocycles. The Morgan fingerprint density at radius 3 is 2.65 bits per heavy atom. The first-order chi connectivity index (χ1) is 15.1. The van der Waals surface area contributed by atoms with Crippen molar-refractivity contribution in [3.05, 3.63) is 89.4 Å². The summed E-state index contributed by atoms with van der Waals surface area (Å²) >= 11 is 0. The van der Waals surface area contributed by atoms with Crippen molar-refractivity contribution < 1.29 is 23.1 Å². The van der Waals surface area contributed by atoms with Crippen molar-refractivity contribution in [2.45, 2.75) is 19.6 Å². The second-order valence-electron chi connectivity index (χ2n) is 7.11. The van der Waals surface area contributed by atoms with Gasteiger partial charge in [0.1, 0.15) is 23.8 Å². The van der Waals surface area contributed by atoms with Gasteiger partial charge in [-0.3, -0.25) is 4.79 Å². The quantitative estimate of drug-likeness (QED) is 0.427. The number of hydrogen-bond donors (Lipinski definition) is 1. The van der Waals surface area contributed by atoms with Crippen molar-refractivity contribution in [3.8, 4) is 16.9 Å². The third kappa shape index (κ3) is 4.29. The van der Waals surface area contributed by atoms with Crippen molar-refractivity contribution >= 4 is 16.9 Å². The molecule has 0 atom stereocenters. The Kier molecular flexibility index (Phi) is 6.00. The maximum atomic E-state index is 15.0. The Morgan fingerprint density at radius 2 is 1.84 bits per heavy atom. The van der Waals surface area contributed by atoms with Gasteiger partial charge in [0, 0.05) is 34.2 Å². The zero-order valence-corrected chi connectivity index (χ0v) is 17.1. The first-order valence-electron chi connectivity index (χ1n) is 9.86. The van der Waals surface area contributed by atoms with Crippen molar-refractivity contribution in [2.75, 3.05) is 7.11 Å². The Morgan fingerprint density at radius 1 is 1.03 bits per heavy atom. The van der Waals surface area contributed by atoms with Crippen LogP contribution in [0.2, 0.25) is 0 Å². The van der Waals surface area contributed by atoms with Gasteiger partial charge in [0.2, 0.25) is 0 Å². The van der Waals surface area contributed by atoms with Gasteiger partial charge >= 0.3 is 5.97 Å². The van der Waals surface area contributed by atoms with E-state index in [1.807, 2.05) is 36.4 Å². The molecule has 0 aliphatic rings. The fourth-order valence-corrected chi connectivity index (χ4v) is 3.55. The number of ether oxygens (including phenoxy) is 2. The number of hydrogen-bond acceptors (Lipinski definition) is 5. The summed E-state index contributed by atoms with van der Waals surface area (Å²) < 4.78 is 31.4. The van der Waals surface area contributed by atoms with Crippen LogP contribution < -0.4 is 10.5 Å². The third-order valence-corrected chi connectivity index (χ3v) is 5.13. The summed E-state index contributed by atoms with van der Waals surface area (Å²) in [6, 6.07) is 18.1. The number of nitrogens with two attached hydrogens (primary N) is 1. The second kappa shape index (κ2) is 9.02. The highest BCUT2D eigenvalue weighted by Crippen LogP contribution is 2.34. The molecule has 0 radical (unpaired) electrons. The first-order valence-corrected chi connectivity index (χ1v) is 9.86. The molecule has 0 saturated carbocycles. The van der Waals surface area contributed by atoms with Gasteiger partial charge < -0.3 is 19.6 Å². The molecule has 0 spiro atoms. The van der Waals surface area contributed by atoms with E-state index in [9.17, 15) is 9.18 Å². The highest BCUT2D eigenvalue weighted by Gasteiger charge is 2.16. The lowest BCUT2D eigenvalue weighted by atomic mass is 9.98. The number of esters is 1. The molecule has 2 N–H and O–H groups in total. The number of carbonyl (C=O) groups is 1. The maximum Gasteiger partial charge on any atom is 0.310 e. The second-order valence-corrected chi connectivity index (χ2v) is 7.11. The SMILES string of the molecule is COC(=O)Cc1ccccc1OCc1cc(-c2cccc(CN)c2F)c2occc2c1. The number of fused-ring (bicyclic) bond motifs is 1. The van der Waals surface area contributed by atoms with Crippen LogP contribution in [-0.2, 0) is 29.1 Å². The molecule has 0 bridgehead atoms. The van der Waals surface area contributed by atoms with Gasteiger partial charge in [0.25, 0.3) is 0 Å². The van der Waals surface area contributed by atoms with Crippen LogP contribution in [0.25, 0.3) is 22.1 Å². The largest absolute Gasteiger partial charge is 0.489 e. The monoisotopic (exact) mass is 419 g/mol. The molecule has 31 heavy (non-hydrogen) atoms. The predicted molar refractivity (Wildman–Crippen MR) is 116 cm³/mol. The van der Waals surface area contributed by atoms with Crippen molar-refractivity contribution in [2.24, 2.45) is 5.73 Å². The standard InChI is InChI=1S/C25H22FNO4/c1-29-23(28)13-17-5-2-3-8-22(17)31-15-16-11-18-9-10-30-25(18)21(12-16)20-7-4-6-19(14-27)24(20)26/h2-12H,13-15,27H2,1H3. The average Bonchev–Trinajstić information content (AvgIpc) is 3.27. The molecule has 0 fully saturated rings. The lowest BCUT2D eigenvalue weighted by Crippen LogP contribution is -2.07. The van der Waals surface area contributed by atoms with Crippen molar-refractivity contribution in [1.82, 2.24) is 0 Å². The van der Waals surface area contributed by atoms with E-state index in [2.05, 4.69) is 0 Å². The molecule has 158 valence electrons. The molecule has 1 heterocycles. The third-order valence-electron chi connectivity index (χ3n) is 5.13. The summed E-state index contributed by atoms with van der Waals surface area (Å²) in [4.78, 5) is 11.7. The minimum atomic E-state index is -0.357. The number of carbonyl (C=O) groups excluding carboxylic acids is 1. The number of benzene rings is 3. The molecule has 0 unspecified atom stereocenters. The van der Waals surface area contributed by atoms with Crippen LogP contribution in [0.15, 0.2) is 71.3 Å². The molecule has 0 aliphatic carbocycles. The number of halogens is 1. The fourth-order valence-electron chi connectivity index (χ4n) is 3.55. The molecular formula is C25H22FNO4. The fraction of sp³-hybridized carbons (Fsp3) is 0.160. The van der Waals surface area contributed by atoms with Gasteiger partial charge in [-0.05, 0) is 29.8 Å². The molecule has 0 amide bonds. The minimum absolute atomic E-state index is 0.112. The van der Waals surface area contributed by atoms with E-state index in [0.717, 1.165) is 16.5 Å². The van der Waals surface area contributed by atoms with Crippen LogP contribution in [0.3, 0.4) is 0 Å². The van der Waals surface area contributed by atoms with Crippen LogP contribution in [0.4, 0.5) is 4.39 Å². The number of furan rings is 1. The smallest absolute Gasteiger partial charge is 0.310 e. The van der Waals surface area contributed by atoms with E-state index < -0.39 is 0 Å². The molecular weight excluding hydrogens is 397 g/mol. The van der Waals surface area contributed by atoms with Crippen LogP contribution in [0.1, 0.15) is 16.7 Å². The summed E-state index contributed by atoms with van der Waals surface area (Å²) in [6.07, 6.45) is 1.70. The number of para-hydroxylation sites is 1. The number of rotatable bonds is 7. The Bertz CT molecular complexity index is 1230. The summed E-state index contributed by atoms with van der Waals surface area (Å²) in [7, 11) is 1.35. The van der Waals surface area contributed by atoms with Gasteiger partial charge in [-0.1, -0.05) is 36.4 Å². The summed E-state index contributed by atoms with van der Waals surface area (Å²) in [5.41, 5.74) is 9.36. The van der Waals surface area contributed by atoms with Crippen molar-refractivity contribution in [1.29, 1.82) is 0 Å². The van der Waals surface area contributed by atoms with Crippen LogP contribution in [0.5, 0.6) is 5.75 Å². The average molecular weight is 419 g/mol. The Balaban J connectivity index is 1.68. The molecule has 5 nitrogen and oxygen atoms in total. The van der Waals surface area contributed by atoms with E-state index in [1.54, 1.807) is 30.5 Å². The summed E-state index contributed by atoms with van der Waals surface area (Å²) in [5.74, 6) is -0.101. The lowest BCUT2D eigenvalue weighted by molar-refractivity contribution is -0.139. The van der Waals surface area contributed by atoms with Crippen molar-refractivity contribution in [3.63, 3.8) is 0 Å². The molecule has 3 aromatic carbocycles. The number of methoxy groups -OCH3 is 1.